The molecule has 0 radical (unpaired) electrons. The molecular formula is C20H24N2O4. The van der Waals surface area contributed by atoms with Gasteiger partial charge in [0.15, 0.2) is 5.78 Å². The highest BCUT2D eigenvalue weighted by Gasteiger charge is 2.31. The number of nitrogens with zero attached hydrogens (tertiary/aromatic N) is 1. The Morgan fingerprint density at radius 3 is 2.62 bits per heavy atom. The molecule has 1 saturated heterocycles. The van der Waals surface area contributed by atoms with Crippen molar-refractivity contribution in [2.75, 3.05) is 13.1 Å². The van der Waals surface area contributed by atoms with E-state index in [1.54, 1.807) is 4.90 Å². The lowest BCUT2D eigenvalue weighted by atomic mass is 9.98. The second-order valence-electron chi connectivity index (χ2n) is 6.92. The number of benzene rings is 1. The van der Waals surface area contributed by atoms with Gasteiger partial charge in [-0.15, -0.1) is 0 Å². The minimum Gasteiger partial charge on any atom is -0.389 e. The summed E-state index contributed by atoms with van der Waals surface area (Å²) in [5.41, 5.74) is 2.50. The summed E-state index contributed by atoms with van der Waals surface area (Å²) in [6.45, 7) is 2.19. The van der Waals surface area contributed by atoms with Crippen molar-refractivity contribution in [2.24, 2.45) is 0 Å². The first kappa shape index (κ1) is 18.3. The zero-order valence-electron chi connectivity index (χ0n) is 14.9. The fourth-order valence-electron chi connectivity index (χ4n) is 3.68. The number of Topliss-reactive ketones (excluding diaryl/α,β-unsaturated/α-hetero) is 1. The normalized spacial score (nSPS) is 23.3. The molecule has 0 spiro atoms. The van der Waals surface area contributed by atoms with Crippen LogP contribution in [0.2, 0.25) is 0 Å². The van der Waals surface area contributed by atoms with E-state index in [9.17, 15) is 19.5 Å². The number of nitrogens with one attached hydrogen (secondary N) is 1. The van der Waals surface area contributed by atoms with Gasteiger partial charge in [0.25, 0.3) is 0 Å². The molecule has 1 aromatic carbocycles. The van der Waals surface area contributed by atoms with Gasteiger partial charge in [0, 0.05) is 32.0 Å². The van der Waals surface area contributed by atoms with Crippen LogP contribution in [-0.2, 0) is 14.4 Å². The first-order valence-corrected chi connectivity index (χ1v) is 8.99. The highest BCUT2D eigenvalue weighted by molar-refractivity contribution is 6.10. The van der Waals surface area contributed by atoms with Crippen molar-refractivity contribution >= 4 is 23.2 Å². The summed E-state index contributed by atoms with van der Waals surface area (Å²) in [5.74, 6) is -0.321. The van der Waals surface area contributed by atoms with Crippen LogP contribution >= 0.6 is 0 Å². The molecule has 2 N–H and O–H groups in total. The lowest BCUT2D eigenvalue weighted by Gasteiger charge is -2.35. The number of aliphatic hydroxyl groups is 1. The molecule has 138 valence electrons. The molecule has 0 saturated carbocycles. The van der Waals surface area contributed by atoms with E-state index in [-0.39, 0.29) is 30.6 Å². The molecule has 0 unspecified atom stereocenters. The zero-order valence-corrected chi connectivity index (χ0v) is 14.9. The van der Waals surface area contributed by atoms with Gasteiger partial charge >= 0.3 is 0 Å². The molecule has 3 rings (SSSR count). The molecular weight excluding hydrogens is 332 g/mol. The number of amides is 2. The Hall–Kier alpha value is -2.47. The molecule has 1 aliphatic carbocycles. The molecule has 0 aromatic heterocycles. The van der Waals surface area contributed by atoms with Gasteiger partial charge in [0.2, 0.25) is 11.8 Å². The van der Waals surface area contributed by atoms with Gasteiger partial charge in [-0.3, -0.25) is 14.4 Å². The van der Waals surface area contributed by atoms with E-state index in [0.29, 0.717) is 31.4 Å². The number of β-amino-alcohol motifs (C(OH)–C–C–N with tert-alkyl or cyclic N) is 1. The van der Waals surface area contributed by atoms with E-state index < -0.39 is 12.1 Å². The maximum absolute atomic E-state index is 12.5. The summed E-state index contributed by atoms with van der Waals surface area (Å²) in [6, 6.07) is 9.27. The van der Waals surface area contributed by atoms with Gasteiger partial charge in [0.1, 0.15) is 0 Å². The number of carbonyl (C=O) groups excluding carboxylic acids is 3. The largest absolute Gasteiger partial charge is 0.389 e. The number of piperidine rings is 1. The van der Waals surface area contributed by atoms with Gasteiger partial charge in [-0.25, -0.2) is 0 Å². The molecule has 1 aliphatic heterocycles. The third-order valence-electron chi connectivity index (χ3n) is 5.14. The fraction of sp³-hybridized carbons (Fsp3) is 0.450. The van der Waals surface area contributed by atoms with Gasteiger partial charge in [-0.05, 0) is 24.0 Å². The fourth-order valence-corrected chi connectivity index (χ4v) is 3.68. The molecule has 2 aliphatic rings. The van der Waals surface area contributed by atoms with Crippen molar-refractivity contribution in [1.82, 2.24) is 10.2 Å². The first-order chi connectivity index (χ1) is 12.5. The standard InChI is InChI=1S/C20H24N2O4/c1-13(23)22-10-9-17(19(25)12-22)21-20(26)11-16-15(7-8-18(16)24)14-5-3-2-4-6-14/h2-6,17,19,25H,7-12H2,1H3,(H,21,26)/t17-,19-/m1/s1. The molecule has 1 aromatic rings. The van der Waals surface area contributed by atoms with Crippen molar-refractivity contribution in [3.8, 4) is 0 Å². The van der Waals surface area contributed by atoms with Gasteiger partial charge < -0.3 is 15.3 Å². The van der Waals surface area contributed by atoms with E-state index >= 15 is 0 Å². The number of likely N-dealkylation sites (tertiary alicyclic amines) is 1. The zero-order chi connectivity index (χ0) is 18.7. The Labute approximate surface area is 152 Å². The third-order valence-corrected chi connectivity index (χ3v) is 5.14. The van der Waals surface area contributed by atoms with Crippen LogP contribution in [0.3, 0.4) is 0 Å². The van der Waals surface area contributed by atoms with Crippen molar-refractivity contribution in [3.63, 3.8) is 0 Å². The third kappa shape index (κ3) is 4.02. The van der Waals surface area contributed by atoms with Gasteiger partial charge in [0.05, 0.1) is 18.6 Å². The molecule has 6 heteroatoms. The molecule has 1 fully saturated rings. The van der Waals surface area contributed by atoms with Crippen LogP contribution in [0.4, 0.5) is 0 Å². The Balaban J connectivity index is 1.66. The average Bonchev–Trinajstić information content (AvgIpc) is 2.98. The van der Waals surface area contributed by atoms with E-state index in [2.05, 4.69) is 5.32 Å². The van der Waals surface area contributed by atoms with Crippen LogP contribution in [0.15, 0.2) is 35.9 Å². The quantitative estimate of drug-likeness (QED) is 0.851. The first-order valence-electron chi connectivity index (χ1n) is 8.99. The van der Waals surface area contributed by atoms with Crippen molar-refractivity contribution in [1.29, 1.82) is 0 Å². The number of hydrogen-bond acceptors (Lipinski definition) is 4. The Kier molecular flexibility index (Phi) is 5.52. The van der Waals surface area contributed by atoms with Crippen molar-refractivity contribution in [2.45, 2.75) is 44.8 Å². The van der Waals surface area contributed by atoms with Crippen LogP contribution in [0, 0.1) is 0 Å². The maximum Gasteiger partial charge on any atom is 0.224 e. The number of rotatable bonds is 4. The summed E-state index contributed by atoms with van der Waals surface area (Å²) in [5, 5.41) is 13.0. The lowest BCUT2D eigenvalue weighted by Crippen LogP contribution is -2.55. The minimum atomic E-state index is -0.793. The number of carbonyl (C=O) groups is 3. The Morgan fingerprint density at radius 2 is 1.96 bits per heavy atom. The van der Waals surface area contributed by atoms with Crippen LogP contribution in [0.25, 0.3) is 5.57 Å². The predicted molar refractivity (Wildman–Crippen MR) is 97.0 cm³/mol. The summed E-state index contributed by atoms with van der Waals surface area (Å²) in [4.78, 5) is 37.7. The number of ketones is 1. The number of aliphatic hydroxyl groups excluding tert-OH is 1. The summed E-state index contributed by atoms with van der Waals surface area (Å²) < 4.78 is 0. The monoisotopic (exact) mass is 356 g/mol. The summed E-state index contributed by atoms with van der Waals surface area (Å²) in [7, 11) is 0. The van der Waals surface area contributed by atoms with E-state index in [0.717, 1.165) is 11.1 Å². The molecule has 26 heavy (non-hydrogen) atoms. The van der Waals surface area contributed by atoms with Gasteiger partial charge in [-0.1, -0.05) is 30.3 Å². The van der Waals surface area contributed by atoms with Crippen LogP contribution in [0.1, 0.15) is 38.2 Å². The molecule has 2 atom stereocenters. The van der Waals surface area contributed by atoms with Crippen LogP contribution in [0.5, 0.6) is 0 Å². The SMILES string of the molecule is CC(=O)N1CC[C@@H](NC(=O)CC2=C(c3ccccc3)CCC2=O)[C@H](O)C1. The second kappa shape index (κ2) is 7.83. The maximum atomic E-state index is 12.5. The molecule has 0 bridgehead atoms. The Bertz CT molecular complexity index is 741. The Morgan fingerprint density at radius 1 is 1.23 bits per heavy atom. The molecule has 2 amide bonds. The van der Waals surface area contributed by atoms with E-state index in [1.165, 1.54) is 6.92 Å². The topological polar surface area (TPSA) is 86.7 Å². The molecule has 1 heterocycles. The lowest BCUT2D eigenvalue weighted by molar-refractivity contribution is -0.133. The smallest absolute Gasteiger partial charge is 0.224 e. The average molecular weight is 356 g/mol. The van der Waals surface area contributed by atoms with E-state index in [1.807, 2.05) is 30.3 Å². The number of allylic oxidation sites excluding steroid dienone is 1. The number of hydrogen-bond donors (Lipinski definition) is 2. The summed E-state index contributed by atoms with van der Waals surface area (Å²) >= 11 is 0. The van der Waals surface area contributed by atoms with Crippen molar-refractivity contribution in [3.05, 3.63) is 41.5 Å². The van der Waals surface area contributed by atoms with E-state index in [4.69, 9.17) is 0 Å². The highest BCUT2D eigenvalue weighted by atomic mass is 16.3. The summed E-state index contributed by atoms with van der Waals surface area (Å²) in [6.07, 6.45) is 0.837. The van der Waals surface area contributed by atoms with Crippen LogP contribution in [-0.4, -0.2) is 52.8 Å². The molecule has 6 nitrogen and oxygen atoms in total. The minimum absolute atomic E-state index is 0.0194. The van der Waals surface area contributed by atoms with Crippen LogP contribution < -0.4 is 5.32 Å². The van der Waals surface area contributed by atoms with Gasteiger partial charge in [-0.2, -0.15) is 0 Å². The van der Waals surface area contributed by atoms with Crippen molar-refractivity contribution < 1.29 is 19.5 Å². The highest BCUT2D eigenvalue weighted by Crippen LogP contribution is 2.33. The second-order valence-corrected chi connectivity index (χ2v) is 6.92. The predicted octanol–water partition coefficient (Wildman–Crippen LogP) is 1.29.